The summed E-state index contributed by atoms with van der Waals surface area (Å²) in [4.78, 5) is 62.4. The smallest absolute Gasteiger partial charge is 0.310 e. The number of anilines is 1. The number of hydrogen-bond acceptors (Lipinski definition) is 7. The number of carboxylic acid groups (broad SMARTS) is 1. The Kier molecular flexibility index (Phi) is 8.34. The molecule has 3 heterocycles. The van der Waals surface area contributed by atoms with Gasteiger partial charge in [0.25, 0.3) is 0 Å². The van der Waals surface area contributed by atoms with Crippen molar-refractivity contribution in [1.29, 1.82) is 0 Å². The van der Waals surface area contributed by atoms with E-state index in [1.54, 1.807) is 6.07 Å². The number of cyclic esters (lactones) is 1. The van der Waals surface area contributed by atoms with Crippen molar-refractivity contribution in [3.8, 4) is 0 Å². The number of carbonyl (C=O) groups is 5. The molecule has 1 radical (unpaired) electrons. The molecule has 1 aromatic rings. The zero-order chi connectivity index (χ0) is 23.9. The number of carboxylic acids is 1. The summed E-state index contributed by atoms with van der Waals surface area (Å²) in [7, 11) is 0. The Morgan fingerprint density at radius 1 is 1.18 bits per heavy atom. The first-order chi connectivity index (χ1) is 15.7. The number of aliphatic hydroxyl groups is 1. The molecule has 3 amide bonds. The van der Waals surface area contributed by atoms with E-state index in [4.69, 9.17) is 10.8 Å². The summed E-state index contributed by atoms with van der Waals surface area (Å²) in [5, 5.41) is 23.7. The van der Waals surface area contributed by atoms with Crippen LogP contribution in [0.3, 0.4) is 0 Å². The summed E-state index contributed by atoms with van der Waals surface area (Å²) < 4.78 is 4.65. The number of nitrogens with one attached hydrogen (secondary N) is 3. The van der Waals surface area contributed by atoms with Gasteiger partial charge in [0, 0.05) is 56.9 Å². The van der Waals surface area contributed by atoms with Gasteiger partial charge in [-0.25, -0.2) is 0 Å². The van der Waals surface area contributed by atoms with E-state index in [1.807, 2.05) is 12.1 Å². The van der Waals surface area contributed by atoms with Crippen LogP contribution >= 0.6 is 0 Å². The van der Waals surface area contributed by atoms with E-state index in [1.165, 1.54) is 4.90 Å². The van der Waals surface area contributed by atoms with Crippen molar-refractivity contribution in [2.75, 3.05) is 4.90 Å². The van der Waals surface area contributed by atoms with E-state index in [9.17, 15) is 29.1 Å². The molecular weight excluding hydrogens is 663 g/mol. The van der Waals surface area contributed by atoms with Crippen LogP contribution in [0.1, 0.15) is 30.4 Å². The Bertz CT molecular complexity index is 1030. The van der Waals surface area contributed by atoms with E-state index in [0.717, 1.165) is 11.1 Å². The Hall–Kier alpha value is -2.07. The third-order valence-electron chi connectivity index (χ3n) is 6.03. The van der Waals surface area contributed by atoms with Gasteiger partial charge in [-0.3, -0.25) is 28.9 Å². The van der Waals surface area contributed by atoms with Crippen LogP contribution < -0.4 is 15.5 Å². The number of nitrogens with zero attached hydrogens (tertiary/aromatic N) is 1. The predicted molar refractivity (Wildman–Crippen MR) is 111 cm³/mol. The third-order valence-corrected chi connectivity index (χ3v) is 6.03. The minimum Gasteiger partial charge on any atom is -0.666 e. The molecule has 34 heavy (non-hydrogen) atoms. The Balaban J connectivity index is 0.00000324. The minimum absolute atomic E-state index is 0. The second-order valence-electron chi connectivity index (χ2n) is 8.30. The van der Waals surface area contributed by atoms with Crippen molar-refractivity contribution < 1.29 is 83.0 Å². The fourth-order valence-electron chi connectivity index (χ4n) is 4.46. The molecule has 1 aromatic carbocycles. The van der Waals surface area contributed by atoms with Crippen LogP contribution in [-0.4, -0.2) is 70.3 Å². The van der Waals surface area contributed by atoms with E-state index in [0.29, 0.717) is 12.1 Å². The molecule has 3 aliphatic heterocycles. The summed E-state index contributed by atoms with van der Waals surface area (Å²) in [5.74, 6) is -3.96. The van der Waals surface area contributed by atoms with Crippen LogP contribution in [0.2, 0.25) is 0 Å². The maximum atomic E-state index is 13.4. The third kappa shape index (κ3) is 5.27. The number of carbonyl (C=O) groups excluding carboxylic acids is 4. The number of aliphatic hydroxyl groups excluding tert-OH is 1. The van der Waals surface area contributed by atoms with E-state index < -0.39 is 66.5 Å². The van der Waals surface area contributed by atoms with Gasteiger partial charge in [0.05, 0.1) is 12.1 Å². The quantitative estimate of drug-likeness (QED) is 0.275. The molecular formula is C21H23AcN4O8-. The molecule has 179 valence electrons. The largest absolute Gasteiger partial charge is 0.666 e. The minimum atomic E-state index is -1.57. The number of esters is 1. The molecule has 1 unspecified atom stereocenters. The zero-order valence-corrected chi connectivity index (χ0v) is 22.8. The Morgan fingerprint density at radius 2 is 1.88 bits per heavy atom. The van der Waals surface area contributed by atoms with E-state index in [2.05, 4.69) is 15.4 Å². The summed E-state index contributed by atoms with van der Waals surface area (Å²) in [6.07, 6.45) is -1.52. The molecule has 12 nitrogen and oxygen atoms in total. The topological polar surface area (TPSA) is 186 Å². The molecule has 0 aliphatic carbocycles. The van der Waals surface area contributed by atoms with Gasteiger partial charge in [-0.2, -0.15) is 0 Å². The van der Waals surface area contributed by atoms with E-state index >= 15 is 0 Å². The fourth-order valence-corrected chi connectivity index (χ4v) is 4.46. The summed E-state index contributed by atoms with van der Waals surface area (Å²) in [6, 6.07) is 0.913. The van der Waals surface area contributed by atoms with Gasteiger partial charge in [0.15, 0.2) is 0 Å². The van der Waals surface area contributed by atoms with Gasteiger partial charge in [0.1, 0.15) is 18.1 Å². The van der Waals surface area contributed by atoms with Gasteiger partial charge in [-0.05, 0) is 30.0 Å². The molecule has 4 rings (SSSR count). The zero-order valence-electron chi connectivity index (χ0n) is 18.0. The first-order valence-corrected chi connectivity index (χ1v) is 10.5. The molecule has 0 aromatic heterocycles. The van der Waals surface area contributed by atoms with Crippen LogP contribution in [-0.2, 0) is 41.6 Å². The van der Waals surface area contributed by atoms with E-state index in [-0.39, 0.29) is 63.3 Å². The molecule has 13 heteroatoms. The number of benzene rings is 1. The van der Waals surface area contributed by atoms with Crippen LogP contribution in [0.25, 0.3) is 5.73 Å². The molecule has 1 fully saturated rings. The van der Waals surface area contributed by atoms with Crippen molar-refractivity contribution in [2.45, 2.75) is 62.6 Å². The number of rotatable bonds is 6. The second-order valence-corrected chi connectivity index (χ2v) is 8.30. The first kappa shape index (κ1) is 26.5. The van der Waals surface area contributed by atoms with Gasteiger partial charge in [-0.1, -0.05) is 18.2 Å². The molecule has 3 aliphatic rings. The Labute approximate surface area is 230 Å². The average molecular weight is 686 g/mol. The number of hydrogen-bond donors (Lipinski definition) is 4. The number of aryl methyl sites for hydroxylation is 1. The van der Waals surface area contributed by atoms with Gasteiger partial charge in [-0.15, -0.1) is 0 Å². The maximum Gasteiger partial charge on any atom is 0.310 e. The summed E-state index contributed by atoms with van der Waals surface area (Å²) in [5.41, 5.74) is 9.89. The van der Waals surface area contributed by atoms with Crippen molar-refractivity contribution >= 4 is 35.3 Å². The SMILES string of the molecule is [Ac].[NH-][C@@H](CC(=O)O)C(=O)N[C@H]1CCc2cccc3c2N(C1=O)[C@H](C(=O)N[C@H]1CC(=O)OC1O)C3. The molecule has 5 atom stereocenters. The van der Waals surface area contributed by atoms with Gasteiger partial charge in [0.2, 0.25) is 24.0 Å². The summed E-state index contributed by atoms with van der Waals surface area (Å²) in [6.45, 7) is 0. The molecule has 0 spiro atoms. The fraction of sp³-hybridized carbons (Fsp3) is 0.476. The number of ether oxygens (including phenoxy) is 1. The number of para-hydroxylation sites is 1. The van der Waals surface area contributed by atoms with Crippen molar-refractivity contribution in [1.82, 2.24) is 10.6 Å². The van der Waals surface area contributed by atoms with Crippen molar-refractivity contribution in [3.05, 3.63) is 35.1 Å². The predicted octanol–water partition coefficient (Wildman–Crippen LogP) is -0.979. The second kappa shape index (κ2) is 10.7. The monoisotopic (exact) mass is 686 g/mol. The summed E-state index contributed by atoms with van der Waals surface area (Å²) >= 11 is 0. The number of amides is 3. The van der Waals surface area contributed by atoms with Crippen LogP contribution in [0, 0.1) is 44.1 Å². The molecule has 0 bridgehead atoms. The molecule has 5 N–H and O–H groups in total. The van der Waals surface area contributed by atoms with Gasteiger partial charge < -0.3 is 31.3 Å². The number of aliphatic carboxylic acids is 1. The Morgan fingerprint density at radius 3 is 2.53 bits per heavy atom. The molecule has 0 saturated carbocycles. The van der Waals surface area contributed by atoms with Crippen molar-refractivity contribution in [2.24, 2.45) is 0 Å². The maximum absolute atomic E-state index is 13.4. The van der Waals surface area contributed by atoms with Crippen LogP contribution in [0.15, 0.2) is 18.2 Å². The van der Waals surface area contributed by atoms with Crippen LogP contribution in [0.4, 0.5) is 5.69 Å². The standard InChI is InChI=1S/C21H23N4O8.Ac/c22-11(7-15(26)27)18(29)23-12-5-4-9-2-1-3-10-6-14(25(17(9)10)20(12)31)19(30)24-13-8-16(28)33-21(13)32;/h1-3,11-14,21-22,32H,4-8H2,(H,23,29)(H,24,30)(H,26,27);/q-1;/t11-,12-,13-,14-,21?;/m0./s1. The average Bonchev–Trinajstić information content (AvgIpc) is 3.25. The van der Waals surface area contributed by atoms with Crippen molar-refractivity contribution in [3.63, 3.8) is 0 Å². The van der Waals surface area contributed by atoms with Gasteiger partial charge >= 0.3 is 11.9 Å². The first-order valence-electron chi connectivity index (χ1n) is 10.5. The molecule has 1 saturated heterocycles. The normalized spacial score (nSPS) is 26.0. The van der Waals surface area contributed by atoms with Crippen LogP contribution in [0.5, 0.6) is 0 Å².